The number of nitrogens with zero attached hydrogens (tertiary/aromatic N) is 1. The number of amides is 1. The molecule has 0 aromatic heterocycles. The fourth-order valence-corrected chi connectivity index (χ4v) is 3.14. The Morgan fingerprint density at radius 1 is 1.32 bits per heavy atom. The van der Waals surface area contributed by atoms with E-state index in [1.165, 1.54) is 4.90 Å². The van der Waals surface area contributed by atoms with Gasteiger partial charge >= 0.3 is 12.1 Å². The molecule has 1 aliphatic rings. The summed E-state index contributed by atoms with van der Waals surface area (Å²) in [5.41, 5.74) is -0.475. The topological polar surface area (TPSA) is 90.9 Å². The standard InChI is InChI=1S/C18H35N3O4/c1-13(2)9-14(10-19-12-16(22)25-18(3,4)5)20-11-15-7-6-8-21(15)17(23)24/h13-15,19-20H,6-12H2,1-5H3,(H,23,24). The van der Waals surface area contributed by atoms with Crippen molar-refractivity contribution in [2.75, 3.05) is 26.2 Å². The number of ether oxygens (including phenoxy) is 1. The summed E-state index contributed by atoms with van der Waals surface area (Å²) in [4.78, 5) is 24.5. The summed E-state index contributed by atoms with van der Waals surface area (Å²) in [6.07, 6.45) is 1.94. The van der Waals surface area contributed by atoms with E-state index in [-0.39, 0.29) is 24.6 Å². The van der Waals surface area contributed by atoms with E-state index in [0.717, 1.165) is 19.3 Å². The zero-order chi connectivity index (χ0) is 19.0. The number of hydrogen-bond donors (Lipinski definition) is 3. The van der Waals surface area contributed by atoms with Crippen LogP contribution in [0.15, 0.2) is 0 Å². The smallest absolute Gasteiger partial charge is 0.407 e. The fraction of sp³-hybridized carbons (Fsp3) is 0.889. The number of nitrogens with one attached hydrogen (secondary N) is 2. The highest BCUT2D eigenvalue weighted by Gasteiger charge is 2.28. The zero-order valence-electron chi connectivity index (χ0n) is 16.3. The minimum Gasteiger partial charge on any atom is -0.465 e. The lowest BCUT2D eigenvalue weighted by atomic mass is 10.0. The van der Waals surface area contributed by atoms with Crippen molar-refractivity contribution >= 4 is 12.1 Å². The molecule has 1 saturated heterocycles. The van der Waals surface area contributed by atoms with Gasteiger partial charge in [0.15, 0.2) is 0 Å². The van der Waals surface area contributed by atoms with Crippen LogP contribution in [0.4, 0.5) is 4.79 Å². The molecule has 0 saturated carbocycles. The van der Waals surface area contributed by atoms with Gasteiger partial charge < -0.3 is 25.4 Å². The maximum atomic E-state index is 11.8. The first-order valence-electron chi connectivity index (χ1n) is 9.24. The molecule has 7 nitrogen and oxygen atoms in total. The molecule has 1 aliphatic heterocycles. The van der Waals surface area contributed by atoms with Crippen LogP contribution in [0.3, 0.4) is 0 Å². The summed E-state index contributed by atoms with van der Waals surface area (Å²) in [5.74, 6) is 0.253. The SMILES string of the molecule is CC(C)CC(CNCC(=O)OC(C)(C)C)NCC1CCCN1C(=O)O. The zero-order valence-corrected chi connectivity index (χ0v) is 16.3. The average molecular weight is 357 g/mol. The van der Waals surface area contributed by atoms with Crippen molar-refractivity contribution in [3.63, 3.8) is 0 Å². The number of hydrogen-bond acceptors (Lipinski definition) is 5. The summed E-state index contributed by atoms with van der Waals surface area (Å²) < 4.78 is 5.29. The molecule has 146 valence electrons. The van der Waals surface area contributed by atoms with Gasteiger partial charge in [-0.15, -0.1) is 0 Å². The maximum absolute atomic E-state index is 11.8. The molecule has 3 N–H and O–H groups in total. The monoisotopic (exact) mass is 357 g/mol. The predicted octanol–water partition coefficient (Wildman–Crippen LogP) is 2.06. The highest BCUT2D eigenvalue weighted by molar-refractivity contribution is 5.72. The van der Waals surface area contributed by atoms with Crippen molar-refractivity contribution in [2.24, 2.45) is 5.92 Å². The van der Waals surface area contributed by atoms with Gasteiger partial charge in [-0.25, -0.2) is 4.79 Å². The molecule has 1 amide bonds. The Hall–Kier alpha value is -1.34. The van der Waals surface area contributed by atoms with Crippen molar-refractivity contribution in [1.82, 2.24) is 15.5 Å². The lowest BCUT2D eigenvalue weighted by molar-refractivity contribution is -0.153. The molecule has 0 aromatic rings. The van der Waals surface area contributed by atoms with E-state index in [1.54, 1.807) is 0 Å². The minimum absolute atomic E-state index is 0.0398. The van der Waals surface area contributed by atoms with E-state index >= 15 is 0 Å². The molecule has 2 unspecified atom stereocenters. The normalized spacial score (nSPS) is 19.3. The number of rotatable bonds is 9. The van der Waals surface area contributed by atoms with E-state index < -0.39 is 11.7 Å². The molecular weight excluding hydrogens is 322 g/mol. The fourth-order valence-electron chi connectivity index (χ4n) is 3.14. The minimum atomic E-state index is -0.840. The number of carbonyl (C=O) groups excluding carboxylic acids is 1. The summed E-state index contributed by atoms with van der Waals surface area (Å²) in [7, 11) is 0. The van der Waals surface area contributed by atoms with Gasteiger partial charge in [0, 0.05) is 31.7 Å². The van der Waals surface area contributed by atoms with Gasteiger partial charge in [0.05, 0.1) is 6.54 Å². The molecule has 0 spiro atoms. The van der Waals surface area contributed by atoms with Gasteiger partial charge in [0.1, 0.15) is 5.60 Å². The van der Waals surface area contributed by atoms with Gasteiger partial charge in [-0.2, -0.15) is 0 Å². The van der Waals surface area contributed by atoms with Gasteiger partial charge in [-0.05, 0) is 46.0 Å². The molecule has 0 radical (unpaired) electrons. The van der Waals surface area contributed by atoms with Crippen LogP contribution in [0, 0.1) is 5.92 Å². The Kier molecular flexibility index (Phi) is 8.65. The van der Waals surface area contributed by atoms with Crippen LogP contribution in [0.5, 0.6) is 0 Å². The molecule has 25 heavy (non-hydrogen) atoms. The van der Waals surface area contributed by atoms with Crippen LogP contribution in [-0.4, -0.2) is 65.9 Å². The number of carbonyl (C=O) groups is 2. The van der Waals surface area contributed by atoms with E-state index in [0.29, 0.717) is 25.6 Å². The van der Waals surface area contributed by atoms with E-state index in [1.807, 2.05) is 20.8 Å². The average Bonchev–Trinajstić information content (AvgIpc) is 2.90. The summed E-state index contributed by atoms with van der Waals surface area (Å²) in [5, 5.41) is 15.9. The Balaban J connectivity index is 2.41. The number of likely N-dealkylation sites (tertiary alicyclic amines) is 1. The third-order valence-corrected chi connectivity index (χ3v) is 4.10. The largest absolute Gasteiger partial charge is 0.465 e. The molecule has 1 fully saturated rings. The highest BCUT2D eigenvalue weighted by atomic mass is 16.6. The van der Waals surface area contributed by atoms with Gasteiger partial charge in [0.25, 0.3) is 0 Å². The van der Waals surface area contributed by atoms with Crippen LogP contribution in [-0.2, 0) is 9.53 Å². The first-order valence-corrected chi connectivity index (χ1v) is 9.24. The van der Waals surface area contributed by atoms with E-state index in [9.17, 15) is 14.7 Å². The molecule has 0 aromatic carbocycles. The quantitative estimate of drug-likeness (QED) is 0.547. The highest BCUT2D eigenvalue weighted by Crippen LogP contribution is 2.17. The Morgan fingerprint density at radius 2 is 2.00 bits per heavy atom. The third kappa shape index (κ3) is 9.07. The van der Waals surface area contributed by atoms with Crippen LogP contribution in [0.25, 0.3) is 0 Å². The van der Waals surface area contributed by atoms with E-state index in [4.69, 9.17) is 4.74 Å². The van der Waals surface area contributed by atoms with Gasteiger partial charge in [-0.3, -0.25) is 4.79 Å². The Morgan fingerprint density at radius 3 is 2.56 bits per heavy atom. The molecule has 7 heteroatoms. The Labute approximate surface area is 151 Å². The summed E-state index contributed by atoms with van der Waals surface area (Å²) in [6.45, 7) is 12.0. The van der Waals surface area contributed by atoms with Gasteiger partial charge in [0.2, 0.25) is 0 Å². The molecular formula is C18H35N3O4. The van der Waals surface area contributed by atoms with E-state index in [2.05, 4.69) is 24.5 Å². The predicted molar refractivity (Wildman–Crippen MR) is 97.7 cm³/mol. The van der Waals surface area contributed by atoms with Crippen molar-refractivity contribution in [3.05, 3.63) is 0 Å². The number of carboxylic acid groups (broad SMARTS) is 1. The van der Waals surface area contributed by atoms with Crippen LogP contribution < -0.4 is 10.6 Å². The van der Waals surface area contributed by atoms with Crippen molar-refractivity contribution < 1.29 is 19.4 Å². The third-order valence-electron chi connectivity index (χ3n) is 4.10. The first kappa shape index (κ1) is 21.7. The molecule has 0 bridgehead atoms. The lowest BCUT2D eigenvalue weighted by Gasteiger charge is -2.27. The second-order valence-electron chi connectivity index (χ2n) is 8.22. The second kappa shape index (κ2) is 9.97. The van der Waals surface area contributed by atoms with Crippen molar-refractivity contribution in [3.8, 4) is 0 Å². The molecule has 0 aliphatic carbocycles. The van der Waals surface area contributed by atoms with Crippen molar-refractivity contribution in [1.29, 1.82) is 0 Å². The first-order chi connectivity index (χ1) is 11.6. The van der Waals surface area contributed by atoms with Crippen LogP contribution >= 0.6 is 0 Å². The van der Waals surface area contributed by atoms with Crippen LogP contribution in [0.2, 0.25) is 0 Å². The molecule has 1 heterocycles. The molecule has 1 rings (SSSR count). The van der Waals surface area contributed by atoms with Crippen molar-refractivity contribution in [2.45, 2.75) is 71.6 Å². The number of esters is 1. The summed E-state index contributed by atoms with van der Waals surface area (Å²) in [6, 6.07) is 0.233. The summed E-state index contributed by atoms with van der Waals surface area (Å²) >= 11 is 0. The molecule has 2 atom stereocenters. The Bertz CT molecular complexity index is 435. The maximum Gasteiger partial charge on any atom is 0.407 e. The van der Waals surface area contributed by atoms with Crippen LogP contribution in [0.1, 0.15) is 53.9 Å². The second-order valence-corrected chi connectivity index (χ2v) is 8.22. The van der Waals surface area contributed by atoms with Gasteiger partial charge in [-0.1, -0.05) is 13.8 Å². The lowest BCUT2D eigenvalue weighted by Crippen LogP contribution is -2.47.